The molecule has 0 atom stereocenters. The molecule has 13 heavy (non-hydrogen) atoms. The van der Waals surface area contributed by atoms with Crippen LogP contribution in [-0.4, -0.2) is 5.91 Å². The van der Waals surface area contributed by atoms with Gasteiger partial charge in [-0.15, -0.1) is 11.3 Å². The van der Waals surface area contributed by atoms with Gasteiger partial charge >= 0.3 is 0 Å². The Kier molecular flexibility index (Phi) is 2.02. The number of thiophene rings is 1. The minimum atomic E-state index is -0.0316. The maximum Gasteiger partial charge on any atom is 0.221 e. The van der Waals surface area contributed by atoms with E-state index < -0.39 is 0 Å². The van der Waals surface area contributed by atoms with E-state index in [1.807, 2.05) is 23.6 Å². The number of carbonyl (C=O) groups is 1. The fourth-order valence-electron chi connectivity index (χ4n) is 1.24. The topological polar surface area (TPSA) is 29.1 Å². The smallest absolute Gasteiger partial charge is 0.221 e. The first-order valence-electron chi connectivity index (χ1n) is 4.00. The average Bonchev–Trinajstić information content (AvgIpc) is 2.49. The van der Waals surface area contributed by atoms with Crippen molar-refractivity contribution in [2.45, 2.75) is 6.92 Å². The summed E-state index contributed by atoms with van der Waals surface area (Å²) in [4.78, 5) is 10.8. The first-order chi connectivity index (χ1) is 6.25. The van der Waals surface area contributed by atoms with Crippen LogP contribution in [0.15, 0.2) is 29.6 Å². The number of rotatable bonds is 1. The Hall–Kier alpha value is -1.35. The lowest BCUT2D eigenvalue weighted by atomic mass is 10.2. The second-order valence-corrected chi connectivity index (χ2v) is 3.80. The molecule has 0 saturated carbocycles. The lowest BCUT2D eigenvalue weighted by Gasteiger charge is -2.00. The Morgan fingerprint density at radius 3 is 3.00 bits per heavy atom. The summed E-state index contributed by atoms with van der Waals surface area (Å²) in [6.45, 7) is 1.51. The van der Waals surface area contributed by atoms with Gasteiger partial charge < -0.3 is 5.32 Å². The molecule has 1 amide bonds. The standard InChI is InChI=1S/C10H9NOS/c1-7(12)11-9-3-2-8-4-5-13-10(8)6-9/h2-6H,1H3,(H,11,12). The zero-order valence-electron chi connectivity index (χ0n) is 7.20. The van der Waals surface area contributed by atoms with Crippen molar-refractivity contribution in [3.05, 3.63) is 29.6 Å². The van der Waals surface area contributed by atoms with E-state index in [4.69, 9.17) is 0 Å². The second kappa shape index (κ2) is 3.18. The van der Waals surface area contributed by atoms with Crippen molar-refractivity contribution in [1.29, 1.82) is 0 Å². The molecule has 0 unspecified atom stereocenters. The van der Waals surface area contributed by atoms with Gasteiger partial charge in [0.05, 0.1) is 0 Å². The Labute approximate surface area is 80.2 Å². The fourth-order valence-corrected chi connectivity index (χ4v) is 2.06. The molecule has 2 nitrogen and oxygen atoms in total. The molecule has 0 aliphatic rings. The monoisotopic (exact) mass is 191 g/mol. The van der Waals surface area contributed by atoms with Crippen molar-refractivity contribution in [2.75, 3.05) is 5.32 Å². The molecule has 1 aromatic carbocycles. The summed E-state index contributed by atoms with van der Waals surface area (Å²) in [6, 6.07) is 7.98. The van der Waals surface area contributed by atoms with Crippen LogP contribution in [0.4, 0.5) is 5.69 Å². The maximum absolute atomic E-state index is 10.8. The average molecular weight is 191 g/mol. The molecule has 0 radical (unpaired) electrons. The number of anilines is 1. The van der Waals surface area contributed by atoms with E-state index in [0.717, 1.165) is 5.69 Å². The van der Waals surface area contributed by atoms with Crippen LogP contribution in [0.2, 0.25) is 0 Å². The Morgan fingerprint density at radius 1 is 1.38 bits per heavy atom. The summed E-state index contributed by atoms with van der Waals surface area (Å²) in [5.41, 5.74) is 0.863. The maximum atomic E-state index is 10.8. The quantitative estimate of drug-likeness (QED) is 0.737. The van der Waals surface area contributed by atoms with Crippen LogP contribution in [0.3, 0.4) is 0 Å². The highest BCUT2D eigenvalue weighted by atomic mass is 32.1. The molecule has 2 aromatic rings. The molecule has 66 valence electrons. The van der Waals surface area contributed by atoms with Crippen LogP contribution in [0.1, 0.15) is 6.92 Å². The molecule has 1 N–H and O–H groups in total. The third kappa shape index (κ3) is 1.70. The van der Waals surface area contributed by atoms with Crippen molar-refractivity contribution >= 4 is 33.0 Å². The molecule has 0 fully saturated rings. The molecule has 0 saturated heterocycles. The molecule has 3 heteroatoms. The van der Waals surface area contributed by atoms with Gasteiger partial charge in [-0.1, -0.05) is 6.07 Å². The zero-order valence-corrected chi connectivity index (χ0v) is 8.02. The number of fused-ring (bicyclic) bond motifs is 1. The Balaban J connectivity index is 2.42. The van der Waals surface area contributed by atoms with E-state index >= 15 is 0 Å². The normalized spacial score (nSPS) is 10.2. The van der Waals surface area contributed by atoms with Gasteiger partial charge in [0.2, 0.25) is 5.91 Å². The summed E-state index contributed by atoms with van der Waals surface area (Å²) in [5.74, 6) is -0.0316. The van der Waals surface area contributed by atoms with E-state index in [9.17, 15) is 4.79 Å². The Morgan fingerprint density at radius 2 is 2.23 bits per heavy atom. The van der Waals surface area contributed by atoms with Crippen molar-refractivity contribution in [2.24, 2.45) is 0 Å². The van der Waals surface area contributed by atoms with Crippen LogP contribution in [0.5, 0.6) is 0 Å². The van der Waals surface area contributed by atoms with E-state index in [0.29, 0.717) is 0 Å². The van der Waals surface area contributed by atoms with Crippen molar-refractivity contribution in [3.63, 3.8) is 0 Å². The van der Waals surface area contributed by atoms with Gasteiger partial charge in [0.15, 0.2) is 0 Å². The van der Waals surface area contributed by atoms with E-state index in [1.54, 1.807) is 11.3 Å². The Bertz CT molecular complexity index is 447. The fraction of sp³-hybridized carbons (Fsp3) is 0.100. The summed E-state index contributed by atoms with van der Waals surface area (Å²) in [6.07, 6.45) is 0. The minimum Gasteiger partial charge on any atom is -0.326 e. The van der Waals surface area contributed by atoms with Gasteiger partial charge in [-0.25, -0.2) is 0 Å². The number of hydrogen-bond donors (Lipinski definition) is 1. The molecule has 2 rings (SSSR count). The predicted molar refractivity (Wildman–Crippen MR) is 56.1 cm³/mol. The number of nitrogens with one attached hydrogen (secondary N) is 1. The van der Waals surface area contributed by atoms with Gasteiger partial charge in [0.25, 0.3) is 0 Å². The molecule has 0 aliphatic heterocycles. The minimum absolute atomic E-state index is 0.0316. The summed E-state index contributed by atoms with van der Waals surface area (Å²) >= 11 is 1.68. The molecular weight excluding hydrogens is 182 g/mol. The van der Waals surface area contributed by atoms with Crippen LogP contribution in [0.25, 0.3) is 10.1 Å². The van der Waals surface area contributed by atoms with E-state index in [2.05, 4.69) is 11.4 Å². The number of amides is 1. The molecule has 0 bridgehead atoms. The third-order valence-corrected chi connectivity index (χ3v) is 2.66. The van der Waals surface area contributed by atoms with Crippen LogP contribution in [0, 0.1) is 0 Å². The molecular formula is C10H9NOS. The van der Waals surface area contributed by atoms with Gasteiger partial charge in [-0.05, 0) is 29.0 Å². The van der Waals surface area contributed by atoms with Gasteiger partial charge in [0, 0.05) is 17.3 Å². The van der Waals surface area contributed by atoms with Crippen molar-refractivity contribution in [1.82, 2.24) is 0 Å². The number of carbonyl (C=O) groups excluding carboxylic acids is 1. The lowest BCUT2D eigenvalue weighted by molar-refractivity contribution is -0.114. The summed E-state index contributed by atoms with van der Waals surface area (Å²) in [5, 5.41) is 6.02. The van der Waals surface area contributed by atoms with Crippen molar-refractivity contribution in [3.8, 4) is 0 Å². The van der Waals surface area contributed by atoms with E-state index in [-0.39, 0.29) is 5.91 Å². The van der Waals surface area contributed by atoms with E-state index in [1.165, 1.54) is 17.0 Å². The third-order valence-electron chi connectivity index (χ3n) is 1.78. The molecule has 1 aromatic heterocycles. The van der Waals surface area contributed by atoms with Gasteiger partial charge in [-0.3, -0.25) is 4.79 Å². The highest BCUT2D eigenvalue weighted by Gasteiger charge is 1.98. The van der Waals surface area contributed by atoms with Gasteiger partial charge in [-0.2, -0.15) is 0 Å². The first-order valence-corrected chi connectivity index (χ1v) is 4.88. The number of hydrogen-bond acceptors (Lipinski definition) is 2. The summed E-state index contributed by atoms with van der Waals surface area (Å²) < 4.78 is 1.20. The van der Waals surface area contributed by atoms with Crippen LogP contribution in [-0.2, 0) is 4.79 Å². The van der Waals surface area contributed by atoms with Gasteiger partial charge in [0.1, 0.15) is 0 Å². The lowest BCUT2D eigenvalue weighted by Crippen LogP contribution is -2.04. The largest absolute Gasteiger partial charge is 0.326 e. The zero-order chi connectivity index (χ0) is 9.26. The SMILES string of the molecule is CC(=O)Nc1ccc2ccsc2c1. The van der Waals surface area contributed by atoms with Crippen molar-refractivity contribution < 1.29 is 4.79 Å². The first kappa shape index (κ1) is 8.26. The second-order valence-electron chi connectivity index (χ2n) is 2.85. The molecule has 1 heterocycles. The predicted octanol–water partition coefficient (Wildman–Crippen LogP) is 2.86. The summed E-state index contributed by atoms with van der Waals surface area (Å²) in [7, 11) is 0. The van der Waals surface area contributed by atoms with Crippen LogP contribution < -0.4 is 5.32 Å². The highest BCUT2D eigenvalue weighted by molar-refractivity contribution is 7.17. The molecule has 0 spiro atoms. The molecule has 0 aliphatic carbocycles. The van der Waals surface area contributed by atoms with Crippen LogP contribution >= 0.6 is 11.3 Å². The number of benzene rings is 1. The highest BCUT2D eigenvalue weighted by Crippen LogP contribution is 2.23.